The number of guanidine groups is 1. The second-order valence-electron chi connectivity index (χ2n) is 6.03. The molecule has 0 fully saturated rings. The zero-order valence-corrected chi connectivity index (χ0v) is 20.3. The quantitative estimate of drug-likeness (QED) is 0.170. The largest absolute Gasteiger partial charge is 0.383 e. The molecular formula is C19H32BrIN4O2. The van der Waals surface area contributed by atoms with E-state index in [0.717, 1.165) is 30.4 Å². The van der Waals surface area contributed by atoms with Gasteiger partial charge >= 0.3 is 0 Å². The van der Waals surface area contributed by atoms with Gasteiger partial charge in [-0.1, -0.05) is 41.4 Å². The molecule has 1 aromatic carbocycles. The Hall–Kier alpha value is -0.870. The molecule has 0 saturated carbocycles. The van der Waals surface area contributed by atoms with Gasteiger partial charge in [0.25, 0.3) is 0 Å². The first-order valence-electron chi connectivity index (χ1n) is 9.11. The first-order chi connectivity index (χ1) is 12.6. The number of hydrogen-bond donors (Lipinski definition) is 3. The van der Waals surface area contributed by atoms with Crippen molar-refractivity contribution in [2.24, 2.45) is 10.9 Å². The van der Waals surface area contributed by atoms with Crippen LogP contribution >= 0.6 is 39.9 Å². The molecule has 0 aliphatic heterocycles. The van der Waals surface area contributed by atoms with E-state index in [9.17, 15) is 4.79 Å². The standard InChI is InChI=1S/C19H31BrN4O2.HI/c1-4-15(11-16-7-6-8-17(20)12-16)13-23-19(21-5-2)24-14-18(25)22-9-10-26-3;/h6-8,12,15H,4-5,9-11,13-14H2,1-3H3,(H,22,25)(H2,21,23,24);1H. The van der Waals surface area contributed by atoms with Crippen LogP contribution in [0.4, 0.5) is 0 Å². The van der Waals surface area contributed by atoms with Crippen molar-refractivity contribution in [3.63, 3.8) is 0 Å². The average Bonchev–Trinajstić information content (AvgIpc) is 2.63. The van der Waals surface area contributed by atoms with Gasteiger partial charge < -0.3 is 20.7 Å². The molecule has 0 saturated heterocycles. The first kappa shape index (κ1) is 26.1. The molecule has 0 aliphatic carbocycles. The zero-order chi connectivity index (χ0) is 19.2. The molecule has 0 heterocycles. The van der Waals surface area contributed by atoms with Crippen molar-refractivity contribution >= 4 is 51.8 Å². The average molecular weight is 555 g/mol. The van der Waals surface area contributed by atoms with E-state index in [0.29, 0.717) is 25.0 Å². The van der Waals surface area contributed by atoms with Gasteiger partial charge in [0.2, 0.25) is 5.91 Å². The molecule has 1 aromatic rings. The maximum atomic E-state index is 11.8. The number of ether oxygens (including phenoxy) is 1. The van der Waals surface area contributed by atoms with Gasteiger partial charge in [-0.15, -0.1) is 24.0 Å². The monoisotopic (exact) mass is 554 g/mol. The van der Waals surface area contributed by atoms with Gasteiger partial charge in [-0.25, -0.2) is 4.99 Å². The minimum atomic E-state index is -0.111. The van der Waals surface area contributed by atoms with E-state index in [4.69, 9.17) is 4.74 Å². The molecule has 0 bridgehead atoms. The molecule has 1 atom stereocenters. The molecule has 0 radical (unpaired) electrons. The maximum Gasteiger partial charge on any atom is 0.241 e. The molecule has 1 unspecified atom stereocenters. The van der Waals surface area contributed by atoms with Crippen LogP contribution in [-0.4, -0.2) is 51.8 Å². The molecule has 0 aliphatic rings. The van der Waals surface area contributed by atoms with Crippen molar-refractivity contribution in [2.75, 3.05) is 39.9 Å². The van der Waals surface area contributed by atoms with Gasteiger partial charge in [0.1, 0.15) is 6.54 Å². The molecule has 1 amide bonds. The zero-order valence-electron chi connectivity index (χ0n) is 16.4. The maximum absolute atomic E-state index is 11.8. The van der Waals surface area contributed by atoms with Gasteiger partial charge in [0, 0.05) is 31.2 Å². The first-order valence-corrected chi connectivity index (χ1v) is 9.90. The van der Waals surface area contributed by atoms with Crippen molar-refractivity contribution in [1.82, 2.24) is 16.0 Å². The van der Waals surface area contributed by atoms with E-state index in [1.165, 1.54) is 5.56 Å². The topological polar surface area (TPSA) is 74.8 Å². The Kier molecular flexibility index (Phi) is 15.6. The minimum absolute atomic E-state index is 0. The highest BCUT2D eigenvalue weighted by atomic mass is 127. The summed E-state index contributed by atoms with van der Waals surface area (Å²) in [5.41, 5.74) is 1.31. The Labute approximate surface area is 188 Å². The fourth-order valence-corrected chi connectivity index (χ4v) is 2.89. The summed E-state index contributed by atoms with van der Waals surface area (Å²) in [4.78, 5) is 16.1. The Balaban J connectivity index is 0.00000676. The van der Waals surface area contributed by atoms with Gasteiger partial charge in [0.15, 0.2) is 5.96 Å². The summed E-state index contributed by atoms with van der Waals surface area (Å²) in [5.74, 6) is 1.05. The van der Waals surface area contributed by atoms with E-state index in [1.807, 2.05) is 13.0 Å². The van der Waals surface area contributed by atoms with Gasteiger partial charge in [-0.2, -0.15) is 0 Å². The highest BCUT2D eigenvalue weighted by molar-refractivity contribution is 14.0. The number of carbonyl (C=O) groups excluding carboxylic acids is 1. The number of amides is 1. The lowest BCUT2D eigenvalue weighted by atomic mass is 9.97. The Morgan fingerprint density at radius 2 is 2.04 bits per heavy atom. The van der Waals surface area contributed by atoms with Crippen LogP contribution in [-0.2, 0) is 16.0 Å². The number of rotatable bonds is 11. The summed E-state index contributed by atoms with van der Waals surface area (Å²) in [6.45, 7) is 6.86. The number of halogens is 2. The fourth-order valence-electron chi connectivity index (χ4n) is 2.44. The Bertz CT molecular complexity index is 572. The summed E-state index contributed by atoms with van der Waals surface area (Å²) < 4.78 is 6.02. The third kappa shape index (κ3) is 12.2. The lowest BCUT2D eigenvalue weighted by Crippen LogP contribution is -2.41. The molecule has 8 heteroatoms. The number of nitrogens with zero attached hydrogens (tertiary/aromatic N) is 1. The lowest BCUT2D eigenvalue weighted by molar-refractivity contribution is -0.119. The normalized spacial score (nSPS) is 12.1. The van der Waals surface area contributed by atoms with Crippen molar-refractivity contribution < 1.29 is 9.53 Å². The van der Waals surface area contributed by atoms with E-state index < -0.39 is 0 Å². The van der Waals surface area contributed by atoms with Crippen LogP contribution in [0.15, 0.2) is 33.7 Å². The fraction of sp³-hybridized carbons (Fsp3) is 0.579. The lowest BCUT2D eigenvalue weighted by Gasteiger charge is -2.18. The summed E-state index contributed by atoms with van der Waals surface area (Å²) >= 11 is 3.52. The smallest absolute Gasteiger partial charge is 0.241 e. The third-order valence-corrected chi connectivity index (χ3v) is 4.40. The van der Waals surface area contributed by atoms with Gasteiger partial charge in [-0.05, 0) is 37.0 Å². The second-order valence-corrected chi connectivity index (χ2v) is 6.94. The minimum Gasteiger partial charge on any atom is -0.383 e. The molecule has 154 valence electrons. The van der Waals surface area contributed by atoms with E-state index >= 15 is 0 Å². The number of carbonyl (C=O) groups is 1. The van der Waals surface area contributed by atoms with E-state index in [2.05, 4.69) is 62.0 Å². The molecule has 1 rings (SSSR count). The molecular weight excluding hydrogens is 523 g/mol. The van der Waals surface area contributed by atoms with Crippen LogP contribution in [0.25, 0.3) is 0 Å². The molecule has 0 spiro atoms. The summed E-state index contributed by atoms with van der Waals surface area (Å²) in [6.07, 6.45) is 2.07. The highest BCUT2D eigenvalue weighted by Gasteiger charge is 2.09. The van der Waals surface area contributed by atoms with E-state index in [-0.39, 0.29) is 36.4 Å². The summed E-state index contributed by atoms with van der Waals surface area (Å²) in [7, 11) is 1.61. The highest BCUT2D eigenvalue weighted by Crippen LogP contribution is 2.16. The second kappa shape index (κ2) is 16.1. The number of aliphatic imine (C=N–C) groups is 1. The Morgan fingerprint density at radius 3 is 2.67 bits per heavy atom. The third-order valence-electron chi connectivity index (χ3n) is 3.90. The predicted octanol–water partition coefficient (Wildman–Crippen LogP) is 2.95. The molecule has 0 aromatic heterocycles. The molecule has 6 nitrogen and oxygen atoms in total. The van der Waals surface area contributed by atoms with Crippen LogP contribution in [0.1, 0.15) is 25.8 Å². The van der Waals surface area contributed by atoms with Crippen molar-refractivity contribution in [3.8, 4) is 0 Å². The Morgan fingerprint density at radius 1 is 1.26 bits per heavy atom. The summed E-state index contributed by atoms with van der Waals surface area (Å²) in [6, 6.07) is 8.41. The number of benzene rings is 1. The van der Waals surface area contributed by atoms with Crippen LogP contribution in [0.3, 0.4) is 0 Å². The van der Waals surface area contributed by atoms with Crippen LogP contribution < -0.4 is 16.0 Å². The van der Waals surface area contributed by atoms with Crippen LogP contribution in [0.5, 0.6) is 0 Å². The predicted molar refractivity (Wildman–Crippen MR) is 126 cm³/mol. The van der Waals surface area contributed by atoms with E-state index in [1.54, 1.807) is 7.11 Å². The van der Waals surface area contributed by atoms with Crippen LogP contribution in [0.2, 0.25) is 0 Å². The van der Waals surface area contributed by atoms with Crippen LogP contribution in [0, 0.1) is 5.92 Å². The number of hydrogen-bond acceptors (Lipinski definition) is 3. The molecule has 27 heavy (non-hydrogen) atoms. The number of nitrogens with one attached hydrogen (secondary N) is 3. The van der Waals surface area contributed by atoms with Crippen molar-refractivity contribution in [3.05, 3.63) is 34.3 Å². The SMILES string of the molecule is CCNC(=NCC(=O)NCCOC)NCC(CC)Cc1cccc(Br)c1.I. The van der Waals surface area contributed by atoms with Gasteiger partial charge in [-0.3, -0.25) is 4.79 Å². The number of methoxy groups -OCH3 is 1. The summed E-state index contributed by atoms with van der Waals surface area (Å²) in [5, 5.41) is 9.30. The van der Waals surface area contributed by atoms with Crippen molar-refractivity contribution in [1.29, 1.82) is 0 Å². The van der Waals surface area contributed by atoms with Gasteiger partial charge in [0.05, 0.1) is 6.61 Å². The molecule has 3 N–H and O–H groups in total. The van der Waals surface area contributed by atoms with Crippen molar-refractivity contribution in [2.45, 2.75) is 26.7 Å².